The molecule has 2 aromatic rings. The Hall–Kier alpha value is -1.89. The highest BCUT2D eigenvalue weighted by molar-refractivity contribution is 7.91. The van der Waals surface area contributed by atoms with Crippen LogP contribution in [0.1, 0.15) is 19.4 Å². The van der Waals surface area contributed by atoms with Crippen molar-refractivity contribution < 1.29 is 12.8 Å². The number of nitrogens with one attached hydrogen (secondary N) is 1. The highest BCUT2D eigenvalue weighted by Crippen LogP contribution is 2.23. The highest BCUT2D eigenvalue weighted by atomic mass is 32.2. The third-order valence-electron chi connectivity index (χ3n) is 3.18. The van der Waals surface area contributed by atoms with E-state index in [2.05, 4.69) is 15.5 Å². The zero-order valence-corrected chi connectivity index (χ0v) is 13.1. The Bertz CT molecular complexity index is 696. The molecule has 0 saturated heterocycles. The molecule has 0 aliphatic rings. The molecule has 114 valence electrons. The summed E-state index contributed by atoms with van der Waals surface area (Å²) >= 11 is 0. The molecule has 1 heterocycles. The summed E-state index contributed by atoms with van der Waals surface area (Å²) in [7, 11) is -2.99. The summed E-state index contributed by atoms with van der Waals surface area (Å²) in [5.41, 5.74) is 2.73. The summed E-state index contributed by atoms with van der Waals surface area (Å²) < 4.78 is 28.4. The van der Waals surface area contributed by atoms with Crippen molar-refractivity contribution in [1.29, 1.82) is 0 Å². The van der Waals surface area contributed by atoms with Crippen LogP contribution in [0.4, 0.5) is 5.69 Å². The first-order valence-corrected chi connectivity index (χ1v) is 8.57. The predicted octanol–water partition coefficient (Wildman–Crippen LogP) is 2.28. The first kappa shape index (κ1) is 15.5. The van der Waals surface area contributed by atoms with E-state index in [4.69, 9.17) is 4.42 Å². The molecule has 0 spiro atoms. The van der Waals surface area contributed by atoms with E-state index >= 15 is 0 Å². The van der Waals surface area contributed by atoms with Crippen LogP contribution in [-0.4, -0.2) is 36.2 Å². The van der Waals surface area contributed by atoms with Gasteiger partial charge >= 0.3 is 0 Å². The van der Waals surface area contributed by atoms with Crippen molar-refractivity contribution >= 4 is 15.5 Å². The van der Waals surface area contributed by atoms with Crippen LogP contribution in [0.25, 0.3) is 11.5 Å². The fourth-order valence-corrected chi connectivity index (χ4v) is 3.14. The lowest BCUT2D eigenvalue weighted by molar-refractivity contribution is 0.568. The maximum absolute atomic E-state index is 11.6. The van der Waals surface area contributed by atoms with Gasteiger partial charge in [0.25, 0.3) is 0 Å². The zero-order valence-electron chi connectivity index (χ0n) is 12.3. The van der Waals surface area contributed by atoms with Gasteiger partial charge in [-0.15, -0.1) is 10.2 Å². The molecule has 1 aromatic heterocycles. The number of hydrogen-bond donors (Lipinski definition) is 1. The fourth-order valence-electron chi connectivity index (χ4n) is 2.06. The van der Waals surface area contributed by atoms with Crippen LogP contribution >= 0.6 is 0 Å². The van der Waals surface area contributed by atoms with Crippen molar-refractivity contribution in [2.24, 2.45) is 0 Å². The van der Waals surface area contributed by atoms with Crippen LogP contribution < -0.4 is 5.32 Å². The highest BCUT2D eigenvalue weighted by Gasteiger charge is 2.14. The average Bonchev–Trinajstić information content (AvgIpc) is 2.94. The molecule has 0 bridgehead atoms. The van der Waals surface area contributed by atoms with Gasteiger partial charge in [-0.2, -0.15) is 0 Å². The molecule has 0 radical (unpaired) electrons. The van der Waals surface area contributed by atoms with Gasteiger partial charge in [0.05, 0.1) is 5.75 Å². The van der Waals surface area contributed by atoms with Gasteiger partial charge in [0.15, 0.2) is 9.84 Å². The third kappa shape index (κ3) is 4.04. The number of rotatable bonds is 6. The smallest absolute Gasteiger partial charge is 0.247 e. The van der Waals surface area contributed by atoms with Crippen LogP contribution in [0.2, 0.25) is 0 Å². The quantitative estimate of drug-likeness (QED) is 0.881. The van der Waals surface area contributed by atoms with E-state index < -0.39 is 9.84 Å². The number of sulfone groups is 1. The predicted molar refractivity (Wildman–Crippen MR) is 81.9 cm³/mol. The van der Waals surface area contributed by atoms with Gasteiger partial charge < -0.3 is 9.73 Å². The van der Waals surface area contributed by atoms with Gasteiger partial charge in [-0.05, 0) is 37.6 Å². The Morgan fingerprint density at radius 2 is 2.14 bits per heavy atom. The van der Waals surface area contributed by atoms with E-state index in [1.165, 1.54) is 6.39 Å². The van der Waals surface area contributed by atoms with E-state index in [-0.39, 0.29) is 17.5 Å². The van der Waals surface area contributed by atoms with E-state index in [0.717, 1.165) is 16.8 Å². The Kier molecular flexibility index (Phi) is 4.62. The lowest BCUT2D eigenvalue weighted by atomic mass is 10.1. The van der Waals surface area contributed by atoms with Crippen molar-refractivity contribution in [3.63, 3.8) is 0 Å². The van der Waals surface area contributed by atoms with Gasteiger partial charge in [-0.25, -0.2) is 8.42 Å². The van der Waals surface area contributed by atoms with Gasteiger partial charge in [0.2, 0.25) is 12.3 Å². The number of hydrogen-bond acceptors (Lipinski definition) is 6. The van der Waals surface area contributed by atoms with Crippen molar-refractivity contribution in [2.45, 2.75) is 26.8 Å². The lowest BCUT2D eigenvalue weighted by Crippen LogP contribution is -2.27. The van der Waals surface area contributed by atoms with Gasteiger partial charge in [0.1, 0.15) is 0 Å². The molecule has 7 heteroatoms. The van der Waals surface area contributed by atoms with Crippen molar-refractivity contribution in [3.8, 4) is 11.5 Å². The Morgan fingerprint density at radius 3 is 2.71 bits per heavy atom. The number of aryl methyl sites for hydroxylation is 1. The molecule has 0 amide bonds. The summed E-state index contributed by atoms with van der Waals surface area (Å²) in [6, 6.07) is 5.54. The molecule has 1 unspecified atom stereocenters. The average molecular weight is 309 g/mol. The second-order valence-corrected chi connectivity index (χ2v) is 7.42. The Labute approximate surface area is 124 Å². The topological polar surface area (TPSA) is 85.1 Å². The van der Waals surface area contributed by atoms with Crippen molar-refractivity contribution in [2.75, 3.05) is 16.8 Å². The summed E-state index contributed by atoms with van der Waals surface area (Å²) in [6.07, 6.45) is 1.29. The number of anilines is 1. The molecule has 2 rings (SSSR count). The third-order valence-corrected chi connectivity index (χ3v) is 5.07. The van der Waals surface area contributed by atoms with Gasteiger partial charge in [0, 0.05) is 23.0 Å². The second-order valence-electron chi connectivity index (χ2n) is 5.02. The van der Waals surface area contributed by atoms with E-state index in [1.807, 2.05) is 32.0 Å². The summed E-state index contributed by atoms with van der Waals surface area (Å²) in [5, 5.41) is 10.7. The lowest BCUT2D eigenvalue weighted by Gasteiger charge is -2.17. The first-order chi connectivity index (χ1) is 9.91. The van der Waals surface area contributed by atoms with Crippen LogP contribution in [-0.2, 0) is 9.84 Å². The summed E-state index contributed by atoms with van der Waals surface area (Å²) in [6.45, 7) is 5.47. The van der Waals surface area contributed by atoms with E-state index in [1.54, 1.807) is 6.92 Å². The standard InChI is InChI=1S/C14H19N3O3S/c1-4-21(18,19)8-11(3)16-13-6-5-12(7-10(13)2)14-17-15-9-20-14/h5-7,9,11,16H,4,8H2,1-3H3. The van der Waals surface area contributed by atoms with Crippen LogP contribution in [0.15, 0.2) is 29.0 Å². The maximum Gasteiger partial charge on any atom is 0.247 e. The zero-order chi connectivity index (χ0) is 15.5. The minimum Gasteiger partial charge on any atom is -0.423 e. The molecule has 1 N–H and O–H groups in total. The number of nitrogens with zero attached hydrogens (tertiary/aromatic N) is 2. The van der Waals surface area contributed by atoms with E-state index in [9.17, 15) is 8.42 Å². The molecule has 0 aliphatic heterocycles. The molecule has 0 aliphatic carbocycles. The monoisotopic (exact) mass is 309 g/mol. The minimum atomic E-state index is -2.99. The molecule has 1 atom stereocenters. The normalized spacial score (nSPS) is 13.1. The molecular weight excluding hydrogens is 290 g/mol. The Morgan fingerprint density at radius 1 is 1.38 bits per heavy atom. The number of benzene rings is 1. The largest absolute Gasteiger partial charge is 0.423 e. The molecule has 6 nitrogen and oxygen atoms in total. The number of aromatic nitrogens is 2. The van der Waals surface area contributed by atoms with Crippen LogP contribution in [0, 0.1) is 6.92 Å². The molecular formula is C14H19N3O3S. The molecule has 0 saturated carbocycles. The minimum absolute atomic E-state index is 0.119. The van der Waals surface area contributed by atoms with Crippen LogP contribution in [0.3, 0.4) is 0 Å². The fraction of sp³-hybridized carbons (Fsp3) is 0.429. The van der Waals surface area contributed by atoms with Gasteiger partial charge in [-0.1, -0.05) is 6.92 Å². The van der Waals surface area contributed by atoms with Crippen LogP contribution in [0.5, 0.6) is 0 Å². The summed E-state index contributed by atoms with van der Waals surface area (Å²) in [5.74, 6) is 0.744. The summed E-state index contributed by atoms with van der Waals surface area (Å²) in [4.78, 5) is 0. The molecule has 1 aromatic carbocycles. The van der Waals surface area contributed by atoms with Crippen molar-refractivity contribution in [1.82, 2.24) is 10.2 Å². The molecule has 21 heavy (non-hydrogen) atoms. The Balaban J connectivity index is 2.11. The van der Waals surface area contributed by atoms with Crippen molar-refractivity contribution in [3.05, 3.63) is 30.2 Å². The van der Waals surface area contributed by atoms with E-state index in [0.29, 0.717) is 5.89 Å². The SMILES string of the molecule is CCS(=O)(=O)CC(C)Nc1ccc(-c2nnco2)cc1C. The maximum atomic E-state index is 11.6. The van der Waals surface area contributed by atoms with Gasteiger partial charge in [-0.3, -0.25) is 0 Å². The first-order valence-electron chi connectivity index (χ1n) is 6.75. The second kappa shape index (κ2) is 6.26. The molecule has 0 fully saturated rings.